The maximum absolute atomic E-state index is 15.3. The molecule has 54 heavy (non-hydrogen) atoms. The molecule has 0 radical (unpaired) electrons. The van der Waals surface area contributed by atoms with Crippen LogP contribution in [-0.2, 0) is 23.9 Å². The van der Waals surface area contributed by atoms with E-state index in [9.17, 15) is 9.59 Å². The fraction of sp³-hybridized carbons (Fsp3) is 0.935. The van der Waals surface area contributed by atoms with E-state index in [0.717, 1.165) is 77.8 Å². The second kappa shape index (κ2) is 13.4. The van der Waals surface area contributed by atoms with Gasteiger partial charge in [-0.2, -0.15) is 0 Å². The fourth-order valence-electron chi connectivity index (χ4n) is 16.2. The van der Waals surface area contributed by atoms with Gasteiger partial charge >= 0.3 is 5.97 Å². The Hall–Kier alpha value is -1.67. The van der Waals surface area contributed by atoms with E-state index in [2.05, 4.69) is 63.6 Å². The molecule has 0 unspecified atom stereocenters. The summed E-state index contributed by atoms with van der Waals surface area (Å²) in [6.45, 7) is 26.1. The van der Waals surface area contributed by atoms with Crippen LogP contribution in [0.3, 0.4) is 0 Å². The molecule has 8 fully saturated rings. The largest absolute Gasteiger partial charge is 0.462 e. The lowest BCUT2D eigenvalue weighted by Gasteiger charge is -2.76. The first-order chi connectivity index (χ1) is 25.5. The number of hydrogen-bond acceptors (Lipinski definition) is 6. The summed E-state index contributed by atoms with van der Waals surface area (Å²) < 4.78 is 11.5. The van der Waals surface area contributed by atoms with Gasteiger partial charge in [0.15, 0.2) is 0 Å². The normalized spacial score (nSPS) is 45.6. The van der Waals surface area contributed by atoms with E-state index in [1.165, 1.54) is 44.9 Å². The molecule has 0 aromatic rings. The first-order valence-electron chi connectivity index (χ1n) is 22.5. The number of amides is 2. The van der Waals surface area contributed by atoms with Crippen molar-refractivity contribution < 1.29 is 23.9 Å². The number of likely N-dealkylation sites (tertiary alicyclic amines) is 1. The Labute approximate surface area is 327 Å². The number of fused-ring (bicyclic) bond motifs is 7. The quantitative estimate of drug-likeness (QED) is 0.267. The third-order valence-electron chi connectivity index (χ3n) is 19.8. The van der Waals surface area contributed by atoms with Crippen LogP contribution in [0, 0.1) is 67.5 Å². The number of piperidine rings is 1. The average molecular weight is 750 g/mol. The van der Waals surface area contributed by atoms with Crippen LogP contribution in [0.25, 0.3) is 0 Å². The Kier molecular flexibility index (Phi) is 9.75. The summed E-state index contributed by atoms with van der Waals surface area (Å²) in [4.78, 5) is 45.4. The van der Waals surface area contributed by atoms with Gasteiger partial charge < -0.3 is 19.7 Å². The van der Waals surface area contributed by atoms with Crippen LogP contribution in [0.4, 0.5) is 0 Å². The molecule has 6 aliphatic carbocycles. The molecule has 0 aromatic carbocycles. The van der Waals surface area contributed by atoms with Crippen LogP contribution in [-0.4, -0.2) is 86.2 Å². The van der Waals surface area contributed by atoms with Crippen LogP contribution < -0.4 is 5.32 Å². The molecule has 8 aliphatic rings. The summed E-state index contributed by atoms with van der Waals surface area (Å²) in [5, 5.41) is 3.23. The molecule has 2 aliphatic heterocycles. The second-order valence-electron chi connectivity index (χ2n) is 22.1. The average Bonchev–Trinajstić information content (AvgIpc) is 3.74. The molecular formula is C46H75N3O5. The molecule has 8 heteroatoms. The fourth-order valence-corrected chi connectivity index (χ4v) is 16.2. The van der Waals surface area contributed by atoms with Crippen LogP contribution in [0.2, 0.25) is 0 Å². The van der Waals surface area contributed by atoms with Crippen molar-refractivity contribution in [3.63, 3.8) is 0 Å². The Morgan fingerprint density at radius 1 is 0.722 bits per heavy atom. The molecule has 2 saturated heterocycles. The van der Waals surface area contributed by atoms with Crippen molar-refractivity contribution in [1.82, 2.24) is 15.1 Å². The van der Waals surface area contributed by atoms with Crippen LogP contribution in [0.1, 0.15) is 145 Å². The van der Waals surface area contributed by atoms with Gasteiger partial charge in [0.2, 0.25) is 11.8 Å². The van der Waals surface area contributed by atoms with Crippen molar-refractivity contribution in [1.29, 1.82) is 0 Å². The molecule has 1 N–H and O–H groups in total. The lowest BCUT2D eigenvalue weighted by Crippen LogP contribution is -2.71. The number of ether oxygens (including phenoxy) is 2. The van der Waals surface area contributed by atoms with Crippen molar-refractivity contribution >= 4 is 17.8 Å². The standard InChI is InChI=1S/C46H75N3O5/c1-31(50)54-36-12-15-42(5)34(40(36,2)3)10-16-43(6)35(42)11-17-44(7)37-33(41(4)19-20-41)9-18-46(37,22-21-45(43,44)8)39(52)49-24-13-32(14-25-49)38(51)47-23-26-48-27-29-53-30-28-48/h32-37H,9-30H2,1-8H3,(H,47,51)/t33-,34+,35-,36+,37-,42+,43-,44-,45+,46+/m1/s1. The van der Waals surface area contributed by atoms with E-state index in [4.69, 9.17) is 9.47 Å². The van der Waals surface area contributed by atoms with Crippen molar-refractivity contribution in [3.8, 4) is 0 Å². The number of rotatable bonds is 7. The number of esters is 1. The van der Waals surface area contributed by atoms with Crippen molar-refractivity contribution in [2.45, 2.75) is 151 Å². The highest BCUT2D eigenvalue weighted by Crippen LogP contribution is 2.82. The lowest BCUT2D eigenvalue weighted by molar-refractivity contribution is -0.279. The van der Waals surface area contributed by atoms with Gasteiger partial charge in [-0.15, -0.1) is 0 Å². The maximum Gasteiger partial charge on any atom is 0.302 e. The van der Waals surface area contributed by atoms with Gasteiger partial charge in [-0.1, -0.05) is 48.5 Å². The minimum atomic E-state index is -0.272. The van der Waals surface area contributed by atoms with Crippen molar-refractivity contribution in [2.24, 2.45) is 67.5 Å². The van der Waals surface area contributed by atoms with E-state index < -0.39 is 0 Å². The summed E-state index contributed by atoms with van der Waals surface area (Å²) >= 11 is 0. The zero-order valence-electron chi connectivity index (χ0n) is 35.5. The molecule has 304 valence electrons. The first kappa shape index (κ1) is 39.2. The van der Waals surface area contributed by atoms with Crippen molar-refractivity contribution in [2.75, 3.05) is 52.5 Å². The minimum Gasteiger partial charge on any atom is -0.462 e. The number of morpholine rings is 1. The second-order valence-corrected chi connectivity index (χ2v) is 22.1. The van der Waals surface area contributed by atoms with Gasteiger partial charge in [-0.3, -0.25) is 19.3 Å². The molecule has 8 nitrogen and oxygen atoms in total. The number of carbonyl (C=O) groups excluding carboxylic acids is 3. The number of carbonyl (C=O) groups is 3. The molecule has 8 rings (SSSR count). The third-order valence-corrected chi connectivity index (χ3v) is 19.8. The van der Waals surface area contributed by atoms with Gasteiger partial charge in [-0.25, -0.2) is 0 Å². The van der Waals surface area contributed by atoms with Crippen LogP contribution >= 0.6 is 0 Å². The maximum atomic E-state index is 15.3. The van der Waals surface area contributed by atoms with Gasteiger partial charge in [0.05, 0.1) is 18.6 Å². The van der Waals surface area contributed by atoms with E-state index in [-0.39, 0.29) is 56.4 Å². The van der Waals surface area contributed by atoms with Gasteiger partial charge in [0, 0.05) is 57.5 Å². The predicted molar refractivity (Wildman–Crippen MR) is 211 cm³/mol. The lowest BCUT2D eigenvalue weighted by atomic mass is 9.28. The Morgan fingerprint density at radius 3 is 2.06 bits per heavy atom. The molecule has 2 amide bonds. The van der Waals surface area contributed by atoms with E-state index in [0.29, 0.717) is 54.6 Å². The monoisotopic (exact) mass is 750 g/mol. The van der Waals surface area contributed by atoms with Gasteiger partial charge in [0.25, 0.3) is 0 Å². The van der Waals surface area contributed by atoms with E-state index in [1.54, 1.807) is 6.92 Å². The van der Waals surface area contributed by atoms with Crippen LogP contribution in [0.15, 0.2) is 0 Å². The third kappa shape index (κ3) is 5.72. The smallest absolute Gasteiger partial charge is 0.302 e. The van der Waals surface area contributed by atoms with Gasteiger partial charge in [0.1, 0.15) is 6.10 Å². The zero-order valence-corrected chi connectivity index (χ0v) is 35.5. The molecule has 0 bridgehead atoms. The summed E-state index contributed by atoms with van der Waals surface area (Å²) in [7, 11) is 0. The van der Waals surface area contributed by atoms with Gasteiger partial charge in [-0.05, 0) is 141 Å². The molecular weight excluding hydrogens is 675 g/mol. The van der Waals surface area contributed by atoms with Crippen LogP contribution in [0.5, 0.6) is 0 Å². The topological polar surface area (TPSA) is 88.2 Å². The zero-order chi connectivity index (χ0) is 38.5. The number of hydrogen-bond donors (Lipinski definition) is 1. The summed E-state index contributed by atoms with van der Waals surface area (Å²) in [6.07, 6.45) is 15.6. The molecule has 0 aromatic heterocycles. The van der Waals surface area contributed by atoms with E-state index >= 15 is 4.79 Å². The summed E-state index contributed by atoms with van der Waals surface area (Å²) in [6, 6.07) is 0. The molecule has 10 atom stereocenters. The Bertz CT molecular complexity index is 1480. The Morgan fingerprint density at radius 2 is 1.39 bits per heavy atom. The molecule has 2 heterocycles. The number of nitrogens with zero attached hydrogens (tertiary/aromatic N) is 2. The molecule has 0 spiro atoms. The van der Waals surface area contributed by atoms with E-state index in [1.807, 2.05) is 0 Å². The first-order valence-corrected chi connectivity index (χ1v) is 22.5. The highest BCUT2D eigenvalue weighted by atomic mass is 16.5. The summed E-state index contributed by atoms with van der Waals surface area (Å²) in [5.74, 6) is 2.70. The SMILES string of the molecule is CC(=O)O[C@H]1CC[C@]2(C)[C@H]3CC[C@]4(C)[C@H]5[C@H](C6(C)CC6)CC[C@]5(C(=O)N5CCC(C(=O)NCCN6CCOCC6)CC5)CC[C@@]4(C)[C@]3(C)CC[C@H]2C1(C)C. The molecule has 6 saturated carbocycles. The highest BCUT2D eigenvalue weighted by Gasteiger charge is 2.77. The predicted octanol–water partition coefficient (Wildman–Crippen LogP) is 7.88. The summed E-state index contributed by atoms with van der Waals surface area (Å²) in [5.41, 5.74) is 0.749. The van der Waals surface area contributed by atoms with Crippen molar-refractivity contribution in [3.05, 3.63) is 0 Å². The minimum absolute atomic E-state index is 0.00141. The highest BCUT2D eigenvalue weighted by molar-refractivity contribution is 5.85. The number of nitrogens with one attached hydrogen (secondary N) is 1. The Balaban J connectivity index is 1.02.